The van der Waals surface area contributed by atoms with Crippen molar-refractivity contribution >= 4 is 0 Å². The van der Waals surface area contributed by atoms with Crippen LogP contribution in [-0.4, -0.2) is 12.1 Å². The molecule has 2 N–H and O–H groups in total. The van der Waals surface area contributed by atoms with Crippen molar-refractivity contribution in [1.82, 2.24) is 0 Å². The summed E-state index contributed by atoms with van der Waals surface area (Å²) in [4.78, 5) is 0. The molecule has 2 aliphatic rings. The molecule has 0 amide bonds. The van der Waals surface area contributed by atoms with E-state index in [4.69, 9.17) is 10.5 Å². The van der Waals surface area contributed by atoms with E-state index in [1.165, 1.54) is 24.0 Å². The predicted octanol–water partition coefficient (Wildman–Crippen LogP) is 3.60. The largest absolute Gasteiger partial charge is 0.373 e. The van der Waals surface area contributed by atoms with Gasteiger partial charge in [-0.3, -0.25) is 0 Å². The molecular formula is C17H25NO. The number of fused-ring (bicyclic) bond motifs is 1. The van der Waals surface area contributed by atoms with Crippen molar-refractivity contribution in [3.05, 3.63) is 35.4 Å². The maximum absolute atomic E-state index is 6.63. The summed E-state index contributed by atoms with van der Waals surface area (Å²) in [6.45, 7) is 3.18. The molecule has 3 rings (SSSR count). The Bertz CT molecular complexity index is 435. The molecule has 1 unspecified atom stereocenters. The summed E-state index contributed by atoms with van der Waals surface area (Å²) < 4.78 is 6.02. The van der Waals surface area contributed by atoms with Crippen molar-refractivity contribution in [2.24, 2.45) is 11.7 Å². The van der Waals surface area contributed by atoms with E-state index in [-0.39, 0.29) is 11.6 Å². The minimum atomic E-state index is -0.0123. The van der Waals surface area contributed by atoms with E-state index < -0.39 is 0 Å². The third-order valence-corrected chi connectivity index (χ3v) is 4.95. The molecule has 1 saturated carbocycles. The monoisotopic (exact) mass is 259 g/mol. The van der Waals surface area contributed by atoms with E-state index >= 15 is 0 Å². The van der Waals surface area contributed by atoms with Gasteiger partial charge >= 0.3 is 0 Å². The Morgan fingerprint density at radius 2 is 2.00 bits per heavy atom. The molecule has 1 aliphatic carbocycles. The van der Waals surface area contributed by atoms with Gasteiger partial charge in [-0.05, 0) is 55.6 Å². The number of hydrogen-bond acceptors (Lipinski definition) is 2. The molecule has 0 bridgehead atoms. The minimum Gasteiger partial charge on any atom is -0.373 e. The standard InChI is InChI=1S/C17H25NO/c1-13-6-9-17(18,10-7-13)12-16-15-5-3-2-4-14(15)8-11-19-16/h2-5,13,16H,6-12,18H2,1H3. The summed E-state index contributed by atoms with van der Waals surface area (Å²) in [6.07, 6.45) is 7.07. The second-order valence-corrected chi connectivity index (χ2v) is 6.56. The first-order valence-corrected chi connectivity index (χ1v) is 7.65. The molecule has 1 aliphatic heterocycles. The first kappa shape index (κ1) is 13.1. The zero-order valence-electron chi connectivity index (χ0n) is 11.9. The van der Waals surface area contributed by atoms with Gasteiger partial charge in [-0.2, -0.15) is 0 Å². The Morgan fingerprint density at radius 1 is 1.26 bits per heavy atom. The lowest BCUT2D eigenvalue weighted by Gasteiger charge is -2.40. The highest BCUT2D eigenvalue weighted by Crippen LogP contribution is 2.39. The van der Waals surface area contributed by atoms with Crippen molar-refractivity contribution in [2.45, 2.75) is 57.1 Å². The van der Waals surface area contributed by atoms with Crippen molar-refractivity contribution in [2.75, 3.05) is 6.61 Å². The molecule has 1 atom stereocenters. The number of benzene rings is 1. The molecule has 19 heavy (non-hydrogen) atoms. The number of hydrogen-bond donors (Lipinski definition) is 1. The second-order valence-electron chi connectivity index (χ2n) is 6.56. The fourth-order valence-corrected chi connectivity index (χ4v) is 3.56. The Kier molecular flexibility index (Phi) is 3.64. The summed E-state index contributed by atoms with van der Waals surface area (Å²) in [5.41, 5.74) is 9.44. The van der Waals surface area contributed by atoms with E-state index in [1.807, 2.05) is 0 Å². The van der Waals surface area contributed by atoms with Crippen molar-refractivity contribution in [3.63, 3.8) is 0 Å². The molecule has 2 nitrogen and oxygen atoms in total. The van der Waals surface area contributed by atoms with Gasteiger partial charge < -0.3 is 10.5 Å². The van der Waals surface area contributed by atoms with E-state index in [0.29, 0.717) is 0 Å². The average Bonchev–Trinajstić information content (AvgIpc) is 2.43. The maximum Gasteiger partial charge on any atom is 0.0845 e. The second kappa shape index (κ2) is 5.26. The average molecular weight is 259 g/mol. The number of ether oxygens (including phenoxy) is 1. The summed E-state index contributed by atoms with van der Waals surface area (Å²) in [5, 5.41) is 0. The summed E-state index contributed by atoms with van der Waals surface area (Å²) in [5.74, 6) is 0.844. The van der Waals surface area contributed by atoms with E-state index in [9.17, 15) is 0 Å². The highest BCUT2D eigenvalue weighted by Gasteiger charge is 2.34. The van der Waals surface area contributed by atoms with Crippen LogP contribution in [0.15, 0.2) is 24.3 Å². The molecular weight excluding hydrogens is 234 g/mol. The van der Waals surface area contributed by atoms with E-state index in [1.54, 1.807) is 0 Å². The third kappa shape index (κ3) is 2.85. The van der Waals surface area contributed by atoms with Gasteiger partial charge in [0.05, 0.1) is 12.7 Å². The fourth-order valence-electron chi connectivity index (χ4n) is 3.56. The fraction of sp³-hybridized carbons (Fsp3) is 0.647. The Hall–Kier alpha value is -0.860. The third-order valence-electron chi connectivity index (χ3n) is 4.95. The van der Waals surface area contributed by atoms with E-state index in [0.717, 1.165) is 38.2 Å². The molecule has 0 saturated heterocycles. The predicted molar refractivity (Wildman–Crippen MR) is 78.0 cm³/mol. The van der Waals surface area contributed by atoms with Gasteiger partial charge in [0.25, 0.3) is 0 Å². The van der Waals surface area contributed by atoms with Gasteiger partial charge in [-0.15, -0.1) is 0 Å². The smallest absolute Gasteiger partial charge is 0.0845 e. The molecule has 1 aromatic rings. The van der Waals surface area contributed by atoms with Crippen molar-refractivity contribution in [1.29, 1.82) is 0 Å². The molecule has 1 fully saturated rings. The van der Waals surface area contributed by atoms with Crippen LogP contribution in [0.1, 0.15) is 56.3 Å². The normalized spacial score (nSPS) is 34.8. The lowest BCUT2D eigenvalue weighted by Crippen LogP contribution is -2.45. The molecule has 0 radical (unpaired) electrons. The SMILES string of the molecule is CC1CCC(N)(CC2OCCc3ccccc32)CC1. The van der Waals surface area contributed by atoms with Crippen LogP contribution in [0.2, 0.25) is 0 Å². The zero-order chi connectivity index (χ0) is 13.3. The van der Waals surface area contributed by atoms with Gasteiger partial charge in [0.15, 0.2) is 0 Å². The lowest BCUT2D eigenvalue weighted by atomic mass is 9.74. The van der Waals surface area contributed by atoms with Crippen LogP contribution in [0.3, 0.4) is 0 Å². The van der Waals surface area contributed by atoms with Gasteiger partial charge in [0.2, 0.25) is 0 Å². The first-order valence-electron chi connectivity index (χ1n) is 7.65. The van der Waals surface area contributed by atoms with Crippen molar-refractivity contribution in [3.8, 4) is 0 Å². The maximum atomic E-state index is 6.63. The van der Waals surface area contributed by atoms with Crippen LogP contribution >= 0.6 is 0 Å². The van der Waals surface area contributed by atoms with Gasteiger partial charge in [-0.1, -0.05) is 31.2 Å². The van der Waals surface area contributed by atoms with Crippen LogP contribution < -0.4 is 5.73 Å². The van der Waals surface area contributed by atoms with Gasteiger partial charge in [0, 0.05) is 5.54 Å². The van der Waals surface area contributed by atoms with Crippen LogP contribution in [0.25, 0.3) is 0 Å². The topological polar surface area (TPSA) is 35.2 Å². The van der Waals surface area contributed by atoms with Crippen molar-refractivity contribution < 1.29 is 4.74 Å². The van der Waals surface area contributed by atoms with Crippen LogP contribution in [-0.2, 0) is 11.2 Å². The molecule has 0 aromatic heterocycles. The summed E-state index contributed by atoms with van der Waals surface area (Å²) in [7, 11) is 0. The lowest BCUT2D eigenvalue weighted by molar-refractivity contribution is 0.0134. The van der Waals surface area contributed by atoms with E-state index in [2.05, 4.69) is 31.2 Å². The molecule has 104 valence electrons. The zero-order valence-corrected chi connectivity index (χ0v) is 11.9. The molecule has 1 heterocycles. The first-order chi connectivity index (χ1) is 9.16. The quantitative estimate of drug-likeness (QED) is 0.880. The Labute approximate surface area is 116 Å². The van der Waals surface area contributed by atoms with Crippen LogP contribution in [0.4, 0.5) is 0 Å². The Morgan fingerprint density at radius 3 is 2.79 bits per heavy atom. The van der Waals surface area contributed by atoms with Crippen LogP contribution in [0.5, 0.6) is 0 Å². The molecule has 0 spiro atoms. The number of nitrogens with two attached hydrogens (primary N) is 1. The van der Waals surface area contributed by atoms with Crippen LogP contribution in [0, 0.1) is 5.92 Å². The molecule has 1 aromatic carbocycles. The van der Waals surface area contributed by atoms with Gasteiger partial charge in [-0.25, -0.2) is 0 Å². The highest BCUT2D eigenvalue weighted by molar-refractivity contribution is 5.31. The minimum absolute atomic E-state index is 0.0123. The van der Waals surface area contributed by atoms with Gasteiger partial charge in [0.1, 0.15) is 0 Å². The summed E-state index contributed by atoms with van der Waals surface area (Å²) >= 11 is 0. The number of rotatable bonds is 2. The summed E-state index contributed by atoms with van der Waals surface area (Å²) in [6, 6.07) is 8.69. The molecule has 2 heteroatoms. The Balaban J connectivity index is 1.74. The highest BCUT2D eigenvalue weighted by atomic mass is 16.5.